The summed E-state index contributed by atoms with van der Waals surface area (Å²) in [6.07, 6.45) is 0. The Balaban J connectivity index is 1.95. The first-order chi connectivity index (χ1) is 10.6. The molecule has 0 aliphatic rings. The lowest BCUT2D eigenvalue weighted by Gasteiger charge is -2.07. The Hall–Kier alpha value is -2.67. The first-order valence-electron chi connectivity index (χ1n) is 6.71. The molecular weight excluding hydrogens is 300 g/mol. The van der Waals surface area contributed by atoms with Gasteiger partial charge in [0.25, 0.3) is 0 Å². The van der Waals surface area contributed by atoms with Gasteiger partial charge in [0.15, 0.2) is 0 Å². The summed E-state index contributed by atoms with van der Waals surface area (Å²) in [4.78, 5) is 14.5. The Morgan fingerprint density at radius 1 is 1.23 bits per heavy atom. The number of rotatable bonds is 4. The Morgan fingerprint density at radius 2 is 1.95 bits per heavy atom. The number of benzene rings is 1. The summed E-state index contributed by atoms with van der Waals surface area (Å²) in [6, 6.07) is 12.2. The smallest absolute Gasteiger partial charge is 0.338 e. The molecule has 1 heterocycles. The number of hydrogen-bond donors (Lipinski definition) is 3. The molecule has 0 atom stereocenters. The first-order valence-corrected chi connectivity index (χ1v) is 7.12. The summed E-state index contributed by atoms with van der Waals surface area (Å²) in [7, 11) is 0. The van der Waals surface area contributed by atoms with Crippen molar-refractivity contribution in [2.24, 2.45) is 0 Å². The number of hydrogen-bond acceptors (Lipinski definition) is 4. The summed E-state index contributed by atoms with van der Waals surface area (Å²) in [5.74, 6) is 0.872. The summed E-state index contributed by atoms with van der Waals surface area (Å²) < 4.78 is 4.93. The Bertz CT molecular complexity index is 673. The molecule has 0 radical (unpaired) electrons. The van der Waals surface area contributed by atoms with Crippen molar-refractivity contribution in [1.82, 2.24) is 0 Å². The summed E-state index contributed by atoms with van der Waals surface area (Å²) in [6.45, 7) is 2.12. The van der Waals surface area contributed by atoms with Crippen molar-refractivity contribution in [1.29, 1.82) is 0 Å². The molecule has 0 aliphatic carbocycles. The van der Waals surface area contributed by atoms with E-state index < -0.39 is 0 Å². The number of ether oxygens (including phenoxy) is 1. The largest absolute Gasteiger partial charge is 0.462 e. The number of thiocarbonyl (C=S) groups is 1. The summed E-state index contributed by atoms with van der Waals surface area (Å²) >= 11 is 5.21. The molecule has 1 aromatic carbocycles. The zero-order valence-electron chi connectivity index (χ0n) is 12.1. The molecule has 2 rings (SSSR count). The second-order valence-corrected chi connectivity index (χ2v) is 4.80. The van der Waals surface area contributed by atoms with Crippen LogP contribution in [-0.4, -0.2) is 17.7 Å². The number of pyridine rings is 1. The van der Waals surface area contributed by atoms with Crippen LogP contribution in [0.5, 0.6) is 0 Å². The maximum atomic E-state index is 11.6. The van der Waals surface area contributed by atoms with Crippen molar-refractivity contribution >= 4 is 40.6 Å². The lowest BCUT2D eigenvalue weighted by atomic mass is 10.2. The third-order valence-electron chi connectivity index (χ3n) is 2.72. The molecule has 0 bridgehead atoms. The molecule has 5 N–H and O–H groups in total. The van der Waals surface area contributed by atoms with E-state index in [-0.39, 0.29) is 5.97 Å². The monoisotopic (exact) mass is 317 g/mol. The highest BCUT2D eigenvalue weighted by Gasteiger charge is 2.07. The molecule has 0 fully saturated rings. The number of anilines is 3. The van der Waals surface area contributed by atoms with Gasteiger partial charge in [-0.25, -0.2) is 15.1 Å². The van der Waals surface area contributed by atoms with E-state index in [1.807, 2.05) is 12.1 Å². The standard InChI is InChI=1S/C15H16N4O2S/c1-2-21-14(20)10-6-8-11(9-7-10)17-15(22)19-13-5-3-4-12(16)18-13/h3-9H,2H2,1H3,(H4,16,17,18,19,22)/p+1. The van der Waals surface area contributed by atoms with Gasteiger partial charge in [0, 0.05) is 17.8 Å². The molecule has 0 spiro atoms. The van der Waals surface area contributed by atoms with Gasteiger partial charge in [0.1, 0.15) is 0 Å². The number of nitrogens with two attached hydrogens (primary N) is 1. The van der Waals surface area contributed by atoms with Crippen LogP contribution in [0.2, 0.25) is 0 Å². The number of H-pyrrole nitrogens is 1. The molecule has 6 nitrogen and oxygen atoms in total. The van der Waals surface area contributed by atoms with Gasteiger partial charge in [0.05, 0.1) is 12.2 Å². The van der Waals surface area contributed by atoms with Gasteiger partial charge in [-0.1, -0.05) is 0 Å². The Morgan fingerprint density at radius 3 is 2.59 bits per heavy atom. The zero-order valence-corrected chi connectivity index (χ0v) is 12.9. The van der Waals surface area contributed by atoms with E-state index in [0.717, 1.165) is 5.69 Å². The Kier molecular flexibility index (Phi) is 5.26. The number of aromatic amines is 1. The fraction of sp³-hybridized carbons (Fsp3) is 0.133. The predicted octanol–water partition coefficient (Wildman–Crippen LogP) is 2.07. The molecular formula is C15H17N4O2S+. The van der Waals surface area contributed by atoms with E-state index >= 15 is 0 Å². The van der Waals surface area contributed by atoms with E-state index in [1.54, 1.807) is 37.3 Å². The Labute approximate surface area is 133 Å². The highest BCUT2D eigenvalue weighted by molar-refractivity contribution is 7.80. The topological polar surface area (TPSA) is 90.5 Å². The van der Waals surface area contributed by atoms with Crippen LogP contribution in [0.15, 0.2) is 42.5 Å². The number of nitrogen functional groups attached to an aromatic ring is 1. The van der Waals surface area contributed by atoms with Gasteiger partial charge in [-0.3, -0.25) is 0 Å². The number of carbonyl (C=O) groups is 1. The number of nitrogens with one attached hydrogen (secondary N) is 3. The minimum Gasteiger partial charge on any atom is -0.462 e. The fourth-order valence-electron chi connectivity index (χ4n) is 1.75. The van der Waals surface area contributed by atoms with Crippen LogP contribution in [0.1, 0.15) is 17.3 Å². The van der Waals surface area contributed by atoms with Crippen LogP contribution in [0.4, 0.5) is 17.3 Å². The number of esters is 1. The van der Waals surface area contributed by atoms with E-state index in [1.165, 1.54) is 0 Å². The van der Waals surface area contributed by atoms with Crippen LogP contribution in [0.25, 0.3) is 0 Å². The van der Waals surface area contributed by atoms with Gasteiger partial charge in [0.2, 0.25) is 16.7 Å². The molecule has 1 aromatic heterocycles. The van der Waals surface area contributed by atoms with Crippen LogP contribution < -0.4 is 21.4 Å². The van der Waals surface area contributed by atoms with Gasteiger partial charge in [-0.15, -0.1) is 0 Å². The molecule has 0 aliphatic heterocycles. The highest BCUT2D eigenvalue weighted by Crippen LogP contribution is 2.11. The molecule has 2 aromatic rings. The van der Waals surface area contributed by atoms with E-state index in [9.17, 15) is 4.79 Å². The van der Waals surface area contributed by atoms with Crippen molar-refractivity contribution in [2.45, 2.75) is 6.92 Å². The van der Waals surface area contributed by atoms with Gasteiger partial charge < -0.3 is 15.8 Å². The molecule has 0 amide bonds. The van der Waals surface area contributed by atoms with E-state index in [2.05, 4.69) is 15.6 Å². The molecule has 0 unspecified atom stereocenters. The van der Waals surface area contributed by atoms with Crippen molar-refractivity contribution in [3.63, 3.8) is 0 Å². The molecule has 7 heteroatoms. The maximum Gasteiger partial charge on any atom is 0.338 e. The second-order valence-electron chi connectivity index (χ2n) is 4.40. The van der Waals surface area contributed by atoms with Crippen LogP contribution in [0.3, 0.4) is 0 Å². The van der Waals surface area contributed by atoms with Crippen molar-refractivity contribution < 1.29 is 14.5 Å². The predicted molar refractivity (Wildman–Crippen MR) is 89.7 cm³/mol. The average molecular weight is 317 g/mol. The third-order valence-corrected chi connectivity index (χ3v) is 2.92. The lowest BCUT2D eigenvalue weighted by molar-refractivity contribution is -0.342. The average Bonchev–Trinajstić information content (AvgIpc) is 2.48. The van der Waals surface area contributed by atoms with E-state index in [0.29, 0.717) is 28.9 Å². The van der Waals surface area contributed by atoms with Crippen molar-refractivity contribution in [3.8, 4) is 0 Å². The van der Waals surface area contributed by atoms with Crippen molar-refractivity contribution in [3.05, 3.63) is 48.0 Å². The highest BCUT2D eigenvalue weighted by atomic mass is 32.1. The third kappa shape index (κ3) is 4.42. The second kappa shape index (κ2) is 7.37. The summed E-state index contributed by atoms with van der Waals surface area (Å²) in [5.41, 5.74) is 6.91. The number of carbonyl (C=O) groups excluding carboxylic acids is 1. The quantitative estimate of drug-likeness (QED) is 0.591. The van der Waals surface area contributed by atoms with Crippen LogP contribution in [0, 0.1) is 0 Å². The maximum absolute atomic E-state index is 11.6. The molecule has 0 saturated carbocycles. The zero-order chi connectivity index (χ0) is 15.9. The molecule has 114 valence electrons. The normalized spacial score (nSPS) is 9.86. The minimum atomic E-state index is -0.343. The first kappa shape index (κ1) is 15.7. The number of aromatic nitrogens is 1. The van der Waals surface area contributed by atoms with Gasteiger partial charge in [-0.2, -0.15) is 0 Å². The SMILES string of the molecule is CCOC(=O)c1ccc(NC(=S)Nc2cccc(N)[nH+]2)cc1. The van der Waals surface area contributed by atoms with Gasteiger partial charge >= 0.3 is 5.97 Å². The van der Waals surface area contributed by atoms with Crippen LogP contribution >= 0.6 is 12.2 Å². The molecule has 0 saturated heterocycles. The van der Waals surface area contributed by atoms with Crippen molar-refractivity contribution in [2.75, 3.05) is 23.0 Å². The summed E-state index contributed by atoms with van der Waals surface area (Å²) in [5, 5.41) is 6.41. The van der Waals surface area contributed by atoms with E-state index in [4.69, 9.17) is 22.7 Å². The minimum absolute atomic E-state index is 0.343. The lowest BCUT2D eigenvalue weighted by Crippen LogP contribution is -2.25. The van der Waals surface area contributed by atoms with Gasteiger partial charge in [-0.05, 0) is 49.5 Å². The van der Waals surface area contributed by atoms with Crippen LogP contribution in [-0.2, 0) is 4.74 Å². The fourth-order valence-corrected chi connectivity index (χ4v) is 1.98. The molecule has 22 heavy (non-hydrogen) atoms.